The Labute approximate surface area is 390 Å². The van der Waals surface area contributed by atoms with Crippen molar-refractivity contribution in [1.29, 1.82) is 0 Å². The van der Waals surface area contributed by atoms with E-state index in [2.05, 4.69) is 20.0 Å². The van der Waals surface area contributed by atoms with E-state index in [1.165, 1.54) is 6.92 Å². The number of aliphatic hydroxyl groups excluding tert-OH is 1. The second-order valence-electron chi connectivity index (χ2n) is 21.0. The summed E-state index contributed by atoms with van der Waals surface area (Å²) in [6.07, 6.45) is -6.87. The van der Waals surface area contributed by atoms with Crippen LogP contribution in [0.2, 0.25) is 0 Å². The molecule has 3 heterocycles. The fourth-order valence-electron chi connectivity index (χ4n) is 10.3. The highest BCUT2D eigenvalue weighted by Crippen LogP contribution is 2.44. The van der Waals surface area contributed by atoms with Crippen LogP contribution in [0.15, 0.2) is 30.3 Å². The van der Waals surface area contributed by atoms with Gasteiger partial charge in [-0.25, -0.2) is 0 Å². The Balaban J connectivity index is 1.84. The van der Waals surface area contributed by atoms with Crippen molar-refractivity contribution in [3.8, 4) is 5.75 Å². The zero-order valence-electron chi connectivity index (χ0n) is 42.5. The maximum Gasteiger partial charge on any atom is 0.311 e. The van der Waals surface area contributed by atoms with Crippen molar-refractivity contribution in [2.45, 2.75) is 185 Å². The minimum Gasteiger partial charge on any atom is -0.483 e. The highest BCUT2D eigenvalue weighted by Gasteiger charge is 2.59. The summed E-state index contributed by atoms with van der Waals surface area (Å²) in [6, 6.07) is 8.77. The molecule has 3 aliphatic heterocycles. The Kier molecular flexibility index (Phi) is 19.7. The van der Waals surface area contributed by atoms with Crippen molar-refractivity contribution < 1.29 is 58.4 Å². The molecule has 10 unspecified atom stereocenters. The maximum atomic E-state index is 14.6. The van der Waals surface area contributed by atoms with E-state index in [0.717, 1.165) is 6.54 Å². The van der Waals surface area contributed by atoms with Gasteiger partial charge in [0.25, 0.3) is 0 Å². The third-order valence-electron chi connectivity index (χ3n) is 14.6. The molecule has 0 spiro atoms. The van der Waals surface area contributed by atoms with E-state index < -0.39 is 95.5 Å². The lowest BCUT2D eigenvalue weighted by molar-refractivity contribution is -0.338. The predicted molar refractivity (Wildman–Crippen MR) is 249 cm³/mol. The van der Waals surface area contributed by atoms with Gasteiger partial charge in [-0.2, -0.15) is 0 Å². The number of cyclic esters (lactones) is 1. The molecule has 0 aromatic heterocycles. The Morgan fingerprint density at radius 3 is 2.11 bits per heavy atom. The third kappa shape index (κ3) is 13.4. The van der Waals surface area contributed by atoms with Gasteiger partial charge in [0.2, 0.25) is 0 Å². The molecule has 16 heteroatoms. The van der Waals surface area contributed by atoms with Gasteiger partial charge < -0.3 is 73.6 Å². The highest BCUT2D eigenvalue weighted by atomic mass is 16.7. The number of para-hydroxylation sites is 1. The zero-order valence-corrected chi connectivity index (χ0v) is 42.5. The van der Waals surface area contributed by atoms with Gasteiger partial charge in [-0.05, 0) is 128 Å². The molecule has 4 rings (SSSR count). The molecule has 3 saturated heterocycles. The molecule has 0 aliphatic carbocycles. The minimum atomic E-state index is -1.82. The molecule has 1 aromatic carbocycles. The molecule has 3 fully saturated rings. The standard InChI is InChI=1S/C49H88N4O12/c1-17-38-48(10,57)42(54)34(6)50-28-30(2)26-46(8,56)43(65-45-41(62-36-21-19-18-20-22-36)37(52(13)14)25-31(3)60-45)32(4)40(33(5)44(55)63-38)64-39-27-47(9,59-16)49(58,35(7)61-39)29-53(15)24-23-51(11)12/h18-22,30-35,37-43,45,50,54,56-58H,17,23-29H2,1-16H3/t30?,31-,32?,33?,34?,35+,37+,38?,39+,40?,41-,42?,43?,45+,46?,47-,48?,49+/m1/s1. The number of nitrogens with zero attached hydrogens (tertiary/aromatic N) is 3. The normalized spacial score (nSPS) is 43.0. The molecule has 0 amide bonds. The number of methoxy groups -OCH3 is 1. The lowest BCUT2D eigenvalue weighted by atomic mass is 9.75. The van der Waals surface area contributed by atoms with E-state index in [9.17, 15) is 25.2 Å². The number of esters is 1. The molecular formula is C49H88N4O12. The Morgan fingerprint density at radius 2 is 1.52 bits per heavy atom. The van der Waals surface area contributed by atoms with Crippen molar-refractivity contribution in [3.05, 3.63) is 30.3 Å². The molecule has 0 saturated carbocycles. The fraction of sp³-hybridized carbons (Fsp3) is 0.857. The number of carbonyl (C=O) groups excluding carboxylic acids is 1. The van der Waals surface area contributed by atoms with Gasteiger partial charge in [0.1, 0.15) is 34.8 Å². The van der Waals surface area contributed by atoms with Crippen LogP contribution >= 0.6 is 0 Å². The van der Waals surface area contributed by atoms with Gasteiger partial charge in [-0.1, -0.05) is 39.0 Å². The smallest absolute Gasteiger partial charge is 0.311 e. The van der Waals surface area contributed by atoms with Gasteiger partial charge in [0.15, 0.2) is 18.7 Å². The zero-order chi connectivity index (χ0) is 48.8. The second-order valence-corrected chi connectivity index (χ2v) is 21.0. The lowest BCUT2D eigenvalue weighted by Crippen LogP contribution is -2.70. The van der Waals surface area contributed by atoms with Crippen molar-refractivity contribution in [2.75, 3.05) is 68.5 Å². The van der Waals surface area contributed by atoms with Gasteiger partial charge in [0.05, 0.1) is 42.0 Å². The van der Waals surface area contributed by atoms with Crippen LogP contribution in [0, 0.1) is 17.8 Å². The average Bonchev–Trinajstić information content (AvgIpc) is 3.23. The first-order valence-electron chi connectivity index (χ1n) is 23.9. The summed E-state index contributed by atoms with van der Waals surface area (Å²) < 4.78 is 46.5. The van der Waals surface area contributed by atoms with Crippen molar-refractivity contribution >= 4 is 5.97 Å². The summed E-state index contributed by atoms with van der Waals surface area (Å²) in [5, 5.41) is 52.1. The largest absolute Gasteiger partial charge is 0.483 e. The van der Waals surface area contributed by atoms with Crippen LogP contribution in [0.1, 0.15) is 94.9 Å². The average molecular weight is 925 g/mol. The van der Waals surface area contributed by atoms with Gasteiger partial charge in [-0.15, -0.1) is 0 Å². The van der Waals surface area contributed by atoms with Crippen molar-refractivity contribution in [1.82, 2.24) is 20.0 Å². The summed E-state index contributed by atoms with van der Waals surface area (Å²) in [6.45, 7) is 20.1. The summed E-state index contributed by atoms with van der Waals surface area (Å²) in [5.74, 6) is -2.00. The molecule has 16 nitrogen and oxygen atoms in total. The van der Waals surface area contributed by atoms with Crippen molar-refractivity contribution in [3.63, 3.8) is 0 Å². The number of carbonyl (C=O) groups is 1. The maximum absolute atomic E-state index is 14.6. The van der Waals surface area contributed by atoms with Gasteiger partial charge in [0, 0.05) is 45.1 Å². The number of hydrogen-bond acceptors (Lipinski definition) is 16. The minimum absolute atomic E-state index is 0.0958. The highest BCUT2D eigenvalue weighted by molar-refractivity contribution is 5.73. The van der Waals surface area contributed by atoms with E-state index in [0.29, 0.717) is 25.3 Å². The quantitative estimate of drug-likeness (QED) is 0.171. The number of benzene rings is 1. The van der Waals surface area contributed by atoms with Crippen LogP contribution in [0.25, 0.3) is 0 Å². The lowest BCUT2D eigenvalue weighted by Gasteiger charge is -2.54. The van der Waals surface area contributed by atoms with Gasteiger partial charge >= 0.3 is 5.97 Å². The molecule has 65 heavy (non-hydrogen) atoms. The Hall–Kier alpha value is -2.03. The molecule has 0 bridgehead atoms. The summed E-state index contributed by atoms with van der Waals surface area (Å²) in [4.78, 5) is 20.9. The van der Waals surface area contributed by atoms with E-state index >= 15 is 0 Å². The van der Waals surface area contributed by atoms with E-state index in [1.54, 1.807) is 41.7 Å². The first-order valence-corrected chi connectivity index (χ1v) is 23.9. The van der Waals surface area contributed by atoms with Crippen LogP contribution in [-0.2, 0) is 33.2 Å². The molecular weight excluding hydrogens is 837 g/mol. The predicted octanol–water partition coefficient (Wildman–Crippen LogP) is 3.51. The number of aliphatic hydroxyl groups is 4. The fourth-order valence-corrected chi connectivity index (χ4v) is 10.3. The number of ether oxygens (including phenoxy) is 7. The van der Waals surface area contributed by atoms with E-state index in [4.69, 9.17) is 33.2 Å². The van der Waals surface area contributed by atoms with Crippen LogP contribution < -0.4 is 10.1 Å². The number of nitrogens with one attached hydrogen (secondary N) is 1. The number of hydrogen-bond donors (Lipinski definition) is 5. The topological polar surface area (TPSA) is 184 Å². The Bertz CT molecular complexity index is 1610. The summed E-state index contributed by atoms with van der Waals surface area (Å²) >= 11 is 0. The monoisotopic (exact) mass is 925 g/mol. The summed E-state index contributed by atoms with van der Waals surface area (Å²) in [5.41, 5.74) is -6.01. The van der Waals surface area contributed by atoms with Gasteiger partial charge in [-0.3, -0.25) is 4.79 Å². The molecule has 0 radical (unpaired) electrons. The van der Waals surface area contributed by atoms with Crippen LogP contribution in [0.5, 0.6) is 5.75 Å². The first-order chi connectivity index (χ1) is 30.2. The SMILES string of the molecule is CCC1OC(=O)C(C)C(O[C@H]2C[C@@](C)(OC)[C@](O)(CN(C)CCN(C)C)[C@H](C)O2)C(C)C(O[C@@H]2O[C@H](C)C[C@H](N(C)C)[C@H]2Oc2ccccc2)C(C)(O)CC(C)CNC(C)C(O)C1(C)O. The third-order valence-corrected chi connectivity index (χ3v) is 14.6. The molecule has 1 aromatic rings. The van der Waals surface area contributed by atoms with Crippen molar-refractivity contribution in [2.24, 2.45) is 17.8 Å². The number of rotatable bonds is 14. The molecule has 376 valence electrons. The van der Waals surface area contributed by atoms with E-state index in [-0.39, 0.29) is 43.9 Å². The number of likely N-dealkylation sites (N-methyl/N-ethyl adjacent to an activating group) is 3. The molecule has 5 N–H and O–H groups in total. The molecule has 18 atom stereocenters. The van der Waals surface area contributed by atoms with Crippen LogP contribution in [0.3, 0.4) is 0 Å². The van der Waals surface area contributed by atoms with E-state index in [1.807, 2.05) is 93.3 Å². The Morgan fingerprint density at radius 1 is 0.877 bits per heavy atom. The van der Waals surface area contributed by atoms with Crippen LogP contribution in [0.4, 0.5) is 0 Å². The first kappa shape index (κ1) is 55.6. The molecule has 3 aliphatic rings. The second kappa shape index (κ2) is 23.1. The van der Waals surface area contributed by atoms with Crippen LogP contribution in [-0.4, -0.2) is 199 Å². The summed E-state index contributed by atoms with van der Waals surface area (Å²) in [7, 11) is 11.5.